The largest absolute Gasteiger partial charge is 0.399 e. The van der Waals surface area contributed by atoms with Crippen molar-refractivity contribution >= 4 is 27.3 Å². The third-order valence-electron chi connectivity index (χ3n) is 3.63. The predicted octanol–water partition coefficient (Wildman–Crippen LogP) is 2.02. The van der Waals surface area contributed by atoms with Crippen molar-refractivity contribution in [3.63, 3.8) is 0 Å². The SMILES string of the molecule is CC1(CNS(=O)(=O)c2ccc(N)cc2Cl)CCOCC1. The van der Waals surface area contributed by atoms with Gasteiger partial charge in [0, 0.05) is 25.4 Å². The van der Waals surface area contributed by atoms with Crippen LogP contribution in [-0.2, 0) is 14.8 Å². The summed E-state index contributed by atoms with van der Waals surface area (Å²) in [5.41, 5.74) is 5.93. The van der Waals surface area contributed by atoms with Gasteiger partial charge in [-0.05, 0) is 36.5 Å². The number of halogens is 1. The molecule has 0 amide bonds. The number of nitrogens with one attached hydrogen (secondary N) is 1. The number of rotatable bonds is 4. The Morgan fingerprint density at radius 1 is 1.40 bits per heavy atom. The summed E-state index contributed by atoms with van der Waals surface area (Å²) in [5.74, 6) is 0. The molecule has 0 radical (unpaired) electrons. The van der Waals surface area contributed by atoms with Crippen molar-refractivity contribution in [3.8, 4) is 0 Å². The van der Waals surface area contributed by atoms with Gasteiger partial charge in [0.2, 0.25) is 10.0 Å². The summed E-state index contributed by atoms with van der Waals surface area (Å²) in [5, 5.41) is 0.134. The van der Waals surface area contributed by atoms with Crippen molar-refractivity contribution in [2.45, 2.75) is 24.7 Å². The Hall–Kier alpha value is -0.820. The van der Waals surface area contributed by atoms with Crippen molar-refractivity contribution in [3.05, 3.63) is 23.2 Å². The van der Waals surface area contributed by atoms with Gasteiger partial charge in [-0.2, -0.15) is 0 Å². The minimum absolute atomic E-state index is 0.0593. The van der Waals surface area contributed by atoms with Crippen LogP contribution < -0.4 is 10.5 Å². The zero-order valence-electron chi connectivity index (χ0n) is 11.4. The molecule has 0 atom stereocenters. The van der Waals surface area contributed by atoms with Crippen LogP contribution in [0.4, 0.5) is 5.69 Å². The number of nitrogens with two attached hydrogens (primary N) is 1. The minimum atomic E-state index is -3.62. The lowest BCUT2D eigenvalue weighted by Gasteiger charge is -2.33. The summed E-state index contributed by atoms with van der Waals surface area (Å²) in [6.07, 6.45) is 1.68. The van der Waals surface area contributed by atoms with Gasteiger partial charge in [-0.15, -0.1) is 0 Å². The maximum absolute atomic E-state index is 12.3. The molecule has 1 fully saturated rings. The molecule has 0 aromatic heterocycles. The average Bonchev–Trinajstić information content (AvgIpc) is 2.37. The lowest BCUT2D eigenvalue weighted by Crippen LogP contribution is -2.39. The molecule has 1 aliphatic heterocycles. The smallest absolute Gasteiger partial charge is 0.242 e. The Kier molecular flexibility index (Phi) is 4.59. The monoisotopic (exact) mass is 318 g/mol. The van der Waals surface area contributed by atoms with E-state index in [9.17, 15) is 8.42 Å². The van der Waals surface area contributed by atoms with Crippen LogP contribution >= 0.6 is 11.6 Å². The molecule has 1 heterocycles. The van der Waals surface area contributed by atoms with Crippen LogP contribution in [0.2, 0.25) is 5.02 Å². The summed E-state index contributed by atoms with van der Waals surface area (Å²) in [4.78, 5) is 0.0593. The van der Waals surface area contributed by atoms with Gasteiger partial charge in [0.05, 0.1) is 5.02 Å². The molecular weight excluding hydrogens is 300 g/mol. The third kappa shape index (κ3) is 3.63. The van der Waals surface area contributed by atoms with E-state index in [-0.39, 0.29) is 15.3 Å². The summed E-state index contributed by atoms with van der Waals surface area (Å²) >= 11 is 5.95. The Labute approximate surface area is 124 Å². The van der Waals surface area contributed by atoms with E-state index in [0.29, 0.717) is 25.4 Å². The highest BCUT2D eigenvalue weighted by molar-refractivity contribution is 7.89. The van der Waals surface area contributed by atoms with E-state index in [4.69, 9.17) is 22.1 Å². The topological polar surface area (TPSA) is 81.4 Å². The van der Waals surface area contributed by atoms with Gasteiger partial charge < -0.3 is 10.5 Å². The number of ether oxygens (including phenoxy) is 1. The normalized spacial score (nSPS) is 18.9. The quantitative estimate of drug-likeness (QED) is 0.832. The molecule has 1 aromatic rings. The van der Waals surface area contributed by atoms with Crippen molar-refractivity contribution in [2.24, 2.45) is 5.41 Å². The molecule has 0 saturated carbocycles. The van der Waals surface area contributed by atoms with Crippen LogP contribution in [0.5, 0.6) is 0 Å². The van der Waals surface area contributed by atoms with Crippen molar-refractivity contribution in [1.82, 2.24) is 4.72 Å². The van der Waals surface area contributed by atoms with Gasteiger partial charge >= 0.3 is 0 Å². The average molecular weight is 319 g/mol. The van der Waals surface area contributed by atoms with Crippen LogP contribution in [0.15, 0.2) is 23.1 Å². The van der Waals surface area contributed by atoms with Gasteiger partial charge in [0.15, 0.2) is 0 Å². The van der Waals surface area contributed by atoms with Gasteiger partial charge in [0.25, 0.3) is 0 Å². The van der Waals surface area contributed by atoms with Crippen LogP contribution in [0.25, 0.3) is 0 Å². The molecule has 1 aliphatic rings. The summed E-state index contributed by atoms with van der Waals surface area (Å²) in [6.45, 7) is 3.77. The first-order chi connectivity index (χ1) is 9.32. The summed E-state index contributed by atoms with van der Waals surface area (Å²) in [7, 11) is -3.62. The molecule has 1 saturated heterocycles. The summed E-state index contributed by atoms with van der Waals surface area (Å²) in [6, 6.07) is 4.38. The van der Waals surface area contributed by atoms with Crippen LogP contribution in [0.3, 0.4) is 0 Å². The Morgan fingerprint density at radius 2 is 2.05 bits per heavy atom. The number of hydrogen-bond acceptors (Lipinski definition) is 4. The van der Waals surface area contributed by atoms with E-state index in [1.54, 1.807) is 0 Å². The van der Waals surface area contributed by atoms with E-state index in [0.717, 1.165) is 12.8 Å². The number of anilines is 1. The first-order valence-electron chi connectivity index (χ1n) is 6.45. The molecule has 112 valence electrons. The fourth-order valence-electron chi connectivity index (χ4n) is 2.12. The zero-order valence-corrected chi connectivity index (χ0v) is 12.9. The van der Waals surface area contributed by atoms with E-state index in [1.807, 2.05) is 0 Å². The fourth-order valence-corrected chi connectivity index (χ4v) is 3.87. The molecule has 20 heavy (non-hydrogen) atoms. The minimum Gasteiger partial charge on any atom is -0.399 e. The maximum Gasteiger partial charge on any atom is 0.242 e. The molecule has 7 heteroatoms. The molecule has 5 nitrogen and oxygen atoms in total. The van der Waals surface area contributed by atoms with Crippen LogP contribution in [-0.4, -0.2) is 28.2 Å². The Bertz CT molecular complexity index is 583. The zero-order chi connectivity index (χ0) is 14.8. The van der Waals surface area contributed by atoms with Crippen molar-refractivity contribution < 1.29 is 13.2 Å². The highest BCUT2D eigenvalue weighted by Crippen LogP contribution is 2.30. The Balaban J connectivity index is 2.11. The molecule has 3 N–H and O–H groups in total. The van der Waals surface area contributed by atoms with Gasteiger partial charge in [-0.3, -0.25) is 0 Å². The number of benzene rings is 1. The lowest BCUT2D eigenvalue weighted by molar-refractivity contribution is 0.0265. The first kappa shape index (κ1) is 15.6. The molecule has 0 aliphatic carbocycles. The van der Waals surface area contributed by atoms with Gasteiger partial charge in [0.1, 0.15) is 4.90 Å². The Morgan fingerprint density at radius 3 is 2.65 bits per heavy atom. The van der Waals surface area contributed by atoms with Crippen LogP contribution in [0.1, 0.15) is 19.8 Å². The molecule has 0 unspecified atom stereocenters. The van der Waals surface area contributed by atoms with Gasteiger partial charge in [-0.25, -0.2) is 13.1 Å². The lowest BCUT2D eigenvalue weighted by atomic mass is 9.83. The van der Waals surface area contributed by atoms with E-state index in [2.05, 4.69) is 11.6 Å². The molecule has 0 bridgehead atoms. The number of nitrogen functional groups attached to an aromatic ring is 1. The second kappa shape index (κ2) is 5.89. The molecular formula is C13H19ClN2O3S. The van der Waals surface area contributed by atoms with Crippen molar-refractivity contribution in [1.29, 1.82) is 0 Å². The van der Waals surface area contributed by atoms with E-state index < -0.39 is 10.0 Å². The second-order valence-electron chi connectivity index (χ2n) is 5.44. The first-order valence-corrected chi connectivity index (χ1v) is 8.31. The third-order valence-corrected chi connectivity index (χ3v) is 5.52. The molecule has 1 aromatic carbocycles. The van der Waals surface area contributed by atoms with Crippen LogP contribution in [0, 0.1) is 5.41 Å². The predicted molar refractivity (Wildman–Crippen MR) is 79.2 cm³/mol. The van der Waals surface area contributed by atoms with E-state index >= 15 is 0 Å². The second-order valence-corrected chi connectivity index (χ2v) is 7.58. The molecule has 2 rings (SSSR count). The van der Waals surface area contributed by atoms with E-state index in [1.165, 1.54) is 18.2 Å². The van der Waals surface area contributed by atoms with Crippen molar-refractivity contribution in [2.75, 3.05) is 25.5 Å². The summed E-state index contributed by atoms with van der Waals surface area (Å²) < 4.78 is 32.5. The van der Waals surface area contributed by atoms with Gasteiger partial charge in [-0.1, -0.05) is 18.5 Å². The fraction of sp³-hybridized carbons (Fsp3) is 0.538. The number of hydrogen-bond donors (Lipinski definition) is 2. The standard InChI is InChI=1S/C13H19ClN2O3S/c1-13(4-6-19-7-5-13)9-16-20(17,18)12-3-2-10(15)8-11(12)14/h2-3,8,16H,4-7,9,15H2,1H3. The number of sulfonamides is 1. The molecule has 0 spiro atoms. The maximum atomic E-state index is 12.3. The highest BCUT2D eigenvalue weighted by atomic mass is 35.5. The highest BCUT2D eigenvalue weighted by Gasteiger charge is 2.29.